The topological polar surface area (TPSA) is 49.4 Å². The molecule has 7 heteroatoms. The molecule has 1 aliphatic heterocycles. The predicted octanol–water partition coefficient (Wildman–Crippen LogP) is 2.35. The monoisotopic (exact) mass is 364 g/mol. The van der Waals surface area contributed by atoms with Gasteiger partial charge in [0.25, 0.3) is 0 Å². The largest absolute Gasteiger partial charge is 0.315 e. The molecule has 2 rings (SSSR count). The van der Waals surface area contributed by atoms with Crippen molar-refractivity contribution >= 4 is 26.0 Å². The molecule has 20 heavy (non-hydrogen) atoms. The van der Waals surface area contributed by atoms with E-state index in [9.17, 15) is 12.8 Å². The minimum atomic E-state index is -3.81. The maximum atomic E-state index is 14.1. The zero-order valence-corrected chi connectivity index (χ0v) is 13.7. The highest BCUT2D eigenvalue weighted by Crippen LogP contribution is 2.27. The Bertz CT molecular complexity index is 574. The molecule has 1 aliphatic rings. The third-order valence-electron chi connectivity index (χ3n) is 3.39. The standard InChI is InChI=1S/C13H18BrFN2O2S/c1-2-8-17(10-6-7-16-9-10)20(18,19)12-5-3-4-11(14)13(12)15/h3-5,10,16H,2,6-9H2,1H3. The van der Waals surface area contributed by atoms with Crippen molar-refractivity contribution in [1.82, 2.24) is 9.62 Å². The van der Waals surface area contributed by atoms with Crippen LogP contribution in [0.25, 0.3) is 0 Å². The minimum Gasteiger partial charge on any atom is -0.315 e. The fourth-order valence-electron chi connectivity index (χ4n) is 2.41. The molecule has 1 aromatic rings. The molecule has 0 bridgehead atoms. The second kappa shape index (κ2) is 6.51. The summed E-state index contributed by atoms with van der Waals surface area (Å²) in [6.07, 6.45) is 1.46. The highest BCUT2D eigenvalue weighted by molar-refractivity contribution is 9.10. The van der Waals surface area contributed by atoms with Gasteiger partial charge in [-0.1, -0.05) is 13.0 Å². The molecule has 0 amide bonds. The van der Waals surface area contributed by atoms with E-state index in [0.717, 1.165) is 13.0 Å². The van der Waals surface area contributed by atoms with Crippen molar-refractivity contribution in [3.05, 3.63) is 28.5 Å². The number of nitrogens with one attached hydrogen (secondary N) is 1. The maximum Gasteiger partial charge on any atom is 0.246 e. The van der Waals surface area contributed by atoms with Crippen molar-refractivity contribution in [2.45, 2.75) is 30.7 Å². The molecule has 1 saturated heterocycles. The van der Waals surface area contributed by atoms with Crippen LogP contribution in [0, 0.1) is 5.82 Å². The summed E-state index contributed by atoms with van der Waals surface area (Å²) < 4.78 is 41.2. The predicted molar refractivity (Wildman–Crippen MR) is 79.6 cm³/mol. The molecule has 1 fully saturated rings. The molecule has 1 heterocycles. The Kier molecular flexibility index (Phi) is 5.17. The molecule has 1 aromatic carbocycles. The van der Waals surface area contributed by atoms with Gasteiger partial charge in [0.15, 0.2) is 5.82 Å². The van der Waals surface area contributed by atoms with E-state index in [1.165, 1.54) is 22.5 Å². The lowest BCUT2D eigenvalue weighted by Gasteiger charge is -2.27. The number of nitrogens with zero attached hydrogens (tertiary/aromatic N) is 1. The molecule has 1 atom stereocenters. The fraction of sp³-hybridized carbons (Fsp3) is 0.538. The van der Waals surface area contributed by atoms with Crippen LogP contribution in [-0.2, 0) is 10.0 Å². The van der Waals surface area contributed by atoms with Crippen molar-refractivity contribution in [3.63, 3.8) is 0 Å². The summed E-state index contributed by atoms with van der Waals surface area (Å²) >= 11 is 3.04. The summed E-state index contributed by atoms with van der Waals surface area (Å²) in [7, 11) is -3.81. The minimum absolute atomic E-state index is 0.0988. The van der Waals surface area contributed by atoms with Gasteiger partial charge in [0.2, 0.25) is 10.0 Å². The first-order chi connectivity index (χ1) is 9.48. The summed E-state index contributed by atoms with van der Waals surface area (Å²) in [5.74, 6) is -0.723. The van der Waals surface area contributed by atoms with Crippen LogP contribution in [0.3, 0.4) is 0 Å². The van der Waals surface area contributed by atoms with Crippen LogP contribution in [-0.4, -0.2) is 38.4 Å². The molecule has 0 radical (unpaired) electrons. The number of sulfonamides is 1. The lowest BCUT2D eigenvalue weighted by atomic mass is 10.2. The Morgan fingerprint density at radius 2 is 2.25 bits per heavy atom. The summed E-state index contributed by atoms with van der Waals surface area (Å²) in [6, 6.07) is 4.26. The van der Waals surface area contributed by atoms with Gasteiger partial charge < -0.3 is 5.32 Å². The molecule has 0 aliphatic carbocycles. The van der Waals surface area contributed by atoms with Crippen LogP contribution in [0.15, 0.2) is 27.6 Å². The maximum absolute atomic E-state index is 14.1. The Labute approximate surface area is 127 Å². The average molecular weight is 365 g/mol. The van der Waals surface area contributed by atoms with Gasteiger partial charge in [0.05, 0.1) is 4.47 Å². The highest BCUT2D eigenvalue weighted by atomic mass is 79.9. The Morgan fingerprint density at radius 1 is 1.50 bits per heavy atom. The van der Waals surface area contributed by atoms with Gasteiger partial charge in [0.1, 0.15) is 4.90 Å². The molecule has 0 spiro atoms. The highest BCUT2D eigenvalue weighted by Gasteiger charge is 2.34. The van der Waals surface area contributed by atoms with Gasteiger partial charge in [-0.25, -0.2) is 12.8 Å². The SMILES string of the molecule is CCCN(C1CCNC1)S(=O)(=O)c1cccc(Br)c1F. The molecule has 1 unspecified atom stereocenters. The summed E-state index contributed by atoms with van der Waals surface area (Å²) in [5.41, 5.74) is 0. The van der Waals surface area contributed by atoms with E-state index in [1.54, 1.807) is 0 Å². The Balaban J connectivity index is 2.42. The summed E-state index contributed by atoms with van der Waals surface area (Å²) in [4.78, 5) is -0.257. The molecular formula is C13H18BrFN2O2S. The summed E-state index contributed by atoms with van der Waals surface area (Å²) in [6.45, 7) is 3.74. The molecule has 0 aromatic heterocycles. The molecule has 1 N–H and O–H groups in total. The second-order valence-corrected chi connectivity index (χ2v) is 7.53. The molecule has 112 valence electrons. The quantitative estimate of drug-likeness (QED) is 0.872. The first-order valence-corrected chi connectivity index (χ1v) is 8.88. The number of benzene rings is 1. The number of hydrogen-bond acceptors (Lipinski definition) is 3. The number of hydrogen-bond donors (Lipinski definition) is 1. The third-order valence-corrected chi connectivity index (χ3v) is 5.97. The van der Waals surface area contributed by atoms with E-state index in [-0.39, 0.29) is 15.4 Å². The van der Waals surface area contributed by atoms with Crippen LogP contribution < -0.4 is 5.32 Å². The van der Waals surface area contributed by atoms with Gasteiger partial charge in [-0.05, 0) is 47.4 Å². The van der Waals surface area contributed by atoms with Crippen LogP contribution in [0.5, 0.6) is 0 Å². The van der Waals surface area contributed by atoms with Crippen LogP contribution in [0.2, 0.25) is 0 Å². The van der Waals surface area contributed by atoms with E-state index >= 15 is 0 Å². The average Bonchev–Trinajstić information content (AvgIpc) is 2.92. The fourth-order valence-corrected chi connectivity index (χ4v) is 4.75. The lowest BCUT2D eigenvalue weighted by molar-refractivity contribution is 0.333. The zero-order valence-electron chi connectivity index (χ0n) is 11.3. The third kappa shape index (κ3) is 3.05. The Morgan fingerprint density at radius 3 is 2.85 bits per heavy atom. The first kappa shape index (κ1) is 15.9. The number of rotatable bonds is 5. The van der Waals surface area contributed by atoms with E-state index < -0.39 is 15.8 Å². The zero-order chi connectivity index (χ0) is 14.8. The summed E-state index contributed by atoms with van der Waals surface area (Å²) in [5, 5.41) is 3.15. The van der Waals surface area contributed by atoms with Gasteiger partial charge in [-0.3, -0.25) is 0 Å². The van der Waals surface area contributed by atoms with Crippen molar-refractivity contribution in [1.29, 1.82) is 0 Å². The van der Waals surface area contributed by atoms with Crippen LogP contribution in [0.1, 0.15) is 19.8 Å². The second-order valence-electron chi connectivity index (χ2n) is 4.81. The van der Waals surface area contributed by atoms with Crippen molar-refractivity contribution in [3.8, 4) is 0 Å². The van der Waals surface area contributed by atoms with Crippen LogP contribution >= 0.6 is 15.9 Å². The smallest absolute Gasteiger partial charge is 0.246 e. The van der Waals surface area contributed by atoms with Crippen molar-refractivity contribution in [2.75, 3.05) is 19.6 Å². The molecule has 4 nitrogen and oxygen atoms in total. The van der Waals surface area contributed by atoms with E-state index in [4.69, 9.17) is 0 Å². The van der Waals surface area contributed by atoms with Gasteiger partial charge >= 0.3 is 0 Å². The van der Waals surface area contributed by atoms with E-state index in [1.807, 2.05) is 6.92 Å². The van der Waals surface area contributed by atoms with E-state index in [0.29, 0.717) is 19.5 Å². The first-order valence-electron chi connectivity index (χ1n) is 6.65. The van der Waals surface area contributed by atoms with Gasteiger partial charge in [-0.2, -0.15) is 4.31 Å². The van der Waals surface area contributed by atoms with Crippen molar-refractivity contribution in [2.24, 2.45) is 0 Å². The molecular weight excluding hydrogens is 347 g/mol. The van der Waals surface area contributed by atoms with Gasteiger partial charge in [-0.15, -0.1) is 0 Å². The number of halogens is 2. The van der Waals surface area contributed by atoms with Crippen molar-refractivity contribution < 1.29 is 12.8 Å². The molecule has 0 saturated carbocycles. The Hall–Kier alpha value is -0.500. The van der Waals surface area contributed by atoms with Crippen LogP contribution in [0.4, 0.5) is 4.39 Å². The van der Waals surface area contributed by atoms with Gasteiger partial charge in [0, 0.05) is 19.1 Å². The lowest BCUT2D eigenvalue weighted by Crippen LogP contribution is -2.42. The van der Waals surface area contributed by atoms with E-state index in [2.05, 4.69) is 21.2 Å². The normalized spacial score (nSPS) is 19.7.